The molecule has 3 aromatic rings. The van der Waals surface area contributed by atoms with Crippen LogP contribution in [0.1, 0.15) is 85.8 Å². The number of hydrogen-bond donors (Lipinski definition) is 3. The quantitative estimate of drug-likeness (QED) is 0.220. The Hall–Kier alpha value is -3.64. The van der Waals surface area contributed by atoms with E-state index >= 15 is 0 Å². The van der Waals surface area contributed by atoms with E-state index in [0.29, 0.717) is 17.8 Å². The first-order valence-electron chi connectivity index (χ1n) is 14.5. The Bertz CT molecular complexity index is 1130. The highest BCUT2D eigenvalue weighted by molar-refractivity contribution is 6.03. The molecule has 3 aromatic carbocycles. The first-order valence-corrected chi connectivity index (χ1v) is 14.5. The van der Waals surface area contributed by atoms with E-state index in [1.54, 1.807) is 12.1 Å². The molecule has 0 saturated carbocycles. The molecule has 1 aliphatic heterocycles. The van der Waals surface area contributed by atoms with Gasteiger partial charge < -0.3 is 16.0 Å². The van der Waals surface area contributed by atoms with Crippen molar-refractivity contribution in [3.05, 3.63) is 102 Å². The second-order valence-electron chi connectivity index (χ2n) is 10.3. The lowest BCUT2D eigenvalue weighted by Gasteiger charge is -2.42. The molecule has 1 atom stereocenters. The van der Waals surface area contributed by atoms with Gasteiger partial charge in [-0.1, -0.05) is 105 Å². The maximum atomic E-state index is 13.6. The molecular formula is C33H42N4O2. The molecule has 1 fully saturated rings. The summed E-state index contributed by atoms with van der Waals surface area (Å²) in [5, 5.41) is 9.12. The third-order valence-electron chi connectivity index (χ3n) is 7.39. The zero-order valence-corrected chi connectivity index (χ0v) is 23.1. The van der Waals surface area contributed by atoms with Gasteiger partial charge in [0.05, 0.1) is 23.5 Å². The summed E-state index contributed by atoms with van der Waals surface area (Å²) in [6.07, 6.45) is 8.57. The predicted octanol–water partition coefficient (Wildman–Crippen LogP) is 7.11. The van der Waals surface area contributed by atoms with Gasteiger partial charge in [0, 0.05) is 13.1 Å². The standard InChI is InChI=1S/C33H42N4O2/c1-2-3-4-5-15-24-34-33(39)35-29-22-13-12-21-28(29)32(38)36-30-23-14-16-25-37(30)31(26-17-8-6-9-18-26)27-19-10-7-11-20-27/h6-13,17-22,30-31H,2-5,14-16,23-25H2,1H3,(H,36,38)(H2,34,35,39). The van der Waals surface area contributed by atoms with Crippen molar-refractivity contribution in [2.24, 2.45) is 0 Å². The van der Waals surface area contributed by atoms with E-state index in [2.05, 4.69) is 76.3 Å². The predicted molar refractivity (Wildman–Crippen MR) is 159 cm³/mol. The van der Waals surface area contributed by atoms with Gasteiger partial charge in [-0.05, 0) is 48.9 Å². The summed E-state index contributed by atoms with van der Waals surface area (Å²) in [6.45, 7) is 3.71. The molecule has 1 unspecified atom stereocenters. The third kappa shape index (κ3) is 8.17. The van der Waals surface area contributed by atoms with E-state index in [4.69, 9.17) is 0 Å². The van der Waals surface area contributed by atoms with Gasteiger partial charge in [-0.2, -0.15) is 0 Å². The van der Waals surface area contributed by atoms with Crippen molar-refractivity contribution < 1.29 is 9.59 Å². The van der Waals surface area contributed by atoms with E-state index in [-0.39, 0.29) is 24.1 Å². The fourth-order valence-corrected chi connectivity index (χ4v) is 5.38. The number of carbonyl (C=O) groups excluding carboxylic acids is 2. The first kappa shape index (κ1) is 28.4. The largest absolute Gasteiger partial charge is 0.338 e. The number of likely N-dealkylation sites (tertiary alicyclic amines) is 1. The van der Waals surface area contributed by atoms with Crippen LogP contribution in [0.2, 0.25) is 0 Å². The highest BCUT2D eigenvalue weighted by atomic mass is 16.2. The summed E-state index contributed by atoms with van der Waals surface area (Å²) in [5.41, 5.74) is 3.40. The van der Waals surface area contributed by atoms with Crippen LogP contribution in [0.5, 0.6) is 0 Å². The smallest absolute Gasteiger partial charge is 0.319 e. The molecular weight excluding hydrogens is 484 g/mol. The van der Waals surface area contributed by atoms with Gasteiger partial charge in [0.1, 0.15) is 0 Å². The molecule has 0 bridgehead atoms. The van der Waals surface area contributed by atoms with Gasteiger partial charge in [0.2, 0.25) is 0 Å². The Morgan fingerprint density at radius 2 is 1.46 bits per heavy atom. The average molecular weight is 527 g/mol. The highest BCUT2D eigenvalue weighted by Crippen LogP contribution is 2.33. The lowest BCUT2D eigenvalue weighted by molar-refractivity contribution is 0.0673. The van der Waals surface area contributed by atoms with Crippen molar-refractivity contribution >= 4 is 17.6 Å². The molecule has 0 spiro atoms. The van der Waals surface area contributed by atoms with Crippen LogP contribution >= 0.6 is 0 Å². The molecule has 3 N–H and O–H groups in total. The molecule has 206 valence electrons. The summed E-state index contributed by atoms with van der Waals surface area (Å²) < 4.78 is 0. The molecule has 1 aliphatic rings. The van der Waals surface area contributed by atoms with E-state index in [9.17, 15) is 9.59 Å². The molecule has 0 aromatic heterocycles. The minimum atomic E-state index is -0.279. The van der Waals surface area contributed by atoms with Crippen LogP contribution in [0.4, 0.5) is 10.5 Å². The van der Waals surface area contributed by atoms with Gasteiger partial charge in [-0.15, -0.1) is 0 Å². The Balaban J connectivity index is 1.46. The van der Waals surface area contributed by atoms with Crippen molar-refractivity contribution in [3.63, 3.8) is 0 Å². The fourth-order valence-electron chi connectivity index (χ4n) is 5.38. The lowest BCUT2D eigenvalue weighted by atomic mass is 9.93. The minimum Gasteiger partial charge on any atom is -0.338 e. The monoisotopic (exact) mass is 526 g/mol. The molecule has 0 aliphatic carbocycles. The number of urea groups is 1. The number of nitrogens with one attached hydrogen (secondary N) is 3. The number of nitrogens with zero attached hydrogens (tertiary/aromatic N) is 1. The van der Waals surface area contributed by atoms with Crippen LogP contribution < -0.4 is 16.0 Å². The molecule has 39 heavy (non-hydrogen) atoms. The normalized spacial score (nSPS) is 15.6. The fraction of sp³-hybridized carbons (Fsp3) is 0.394. The number of para-hydroxylation sites is 1. The van der Waals surface area contributed by atoms with Crippen LogP contribution in [0, 0.1) is 0 Å². The summed E-state index contributed by atoms with van der Waals surface area (Å²) in [7, 11) is 0. The van der Waals surface area contributed by atoms with E-state index in [1.807, 2.05) is 24.3 Å². The zero-order valence-electron chi connectivity index (χ0n) is 23.1. The highest BCUT2D eigenvalue weighted by Gasteiger charge is 2.32. The van der Waals surface area contributed by atoms with Crippen molar-refractivity contribution in [2.75, 3.05) is 18.4 Å². The molecule has 6 nitrogen and oxygen atoms in total. The maximum absolute atomic E-state index is 13.6. The maximum Gasteiger partial charge on any atom is 0.319 e. The van der Waals surface area contributed by atoms with Crippen molar-refractivity contribution in [1.82, 2.24) is 15.5 Å². The minimum absolute atomic E-state index is 0.0365. The molecule has 3 amide bonds. The second kappa shape index (κ2) is 15.1. The number of piperidine rings is 1. The number of rotatable bonds is 12. The van der Waals surface area contributed by atoms with Crippen LogP contribution in [0.3, 0.4) is 0 Å². The van der Waals surface area contributed by atoms with Crippen LogP contribution in [-0.2, 0) is 0 Å². The number of anilines is 1. The SMILES string of the molecule is CCCCCCCNC(=O)Nc1ccccc1C(=O)NC1CCCCN1C(c1ccccc1)c1ccccc1. The first-order chi connectivity index (χ1) is 19.2. The van der Waals surface area contributed by atoms with Gasteiger partial charge >= 0.3 is 6.03 Å². The van der Waals surface area contributed by atoms with Gasteiger partial charge in [0.25, 0.3) is 5.91 Å². The number of carbonyl (C=O) groups is 2. The number of amides is 3. The summed E-state index contributed by atoms with van der Waals surface area (Å²) in [4.78, 5) is 28.6. The van der Waals surface area contributed by atoms with Crippen molar-refractivity contribution in [3.8, 4) is 0 Å². The van der Waals surface area contributed by atoms with Gasteiger partial charge in [-0.25, -0.2) is 4.79 Å². The molecule has 1 heterocycles. The summed E-state index contributed by atoms with van der Waals surface area (Å²) >= 11 is 0. The zero-order chi connectivity index (χ0) is 27.3. The number of benzene rings is 3. The summed E-state index contributed by atoms with van der Waals surface area (Å²) in [5.74, 6) is -0.178. The van der Waals surface area contributed by atoms with E-state index in [1.165, 1.54) is 30.4 Å². The summed E-state index contributed by atoms with van der Waals surface area (Å²) in [6, 6.07) is 28.0. The lowest BCUT2D eigenvalue weighted by Crippen LogP contribution is -2.52. The molecule has 6 heteroatoms. The Morgan fingerprint density at radius 1 is 0.821 bits per heavy atom. The van der Waals surface area contributed by atoms with Crippen LogP contribution in [0.25, 0.3) is 0 Å². The Labute approximate surface area is 233 Å². The number of unbranched alkanes of at least 4 members (excludes halogenated alkanes) is 4. The number of hydrogen-bond acceptors (Lipinski definition) is 3. The van der Waals surface area contributed by atoms with Crippen molar-refractivity contribution in [2.45, 2.75) is 70.5 Å². The van der Waals surface area contributed by atoms with E-state index in [0.717, 1.165) is 38.6 Å². The molecule has 0 radical (unpaired) electrons. The second-order valence-corrected chi connectivity index (χ2v) is 10.3. The third-order valence-corrected chi connectivity index (χ3v) is 7.39. The molecule has 1 saturated heterocycles. The van der Waals surface area contributed by atoms with Gasteiger partial charge in [-0.3, -0.25) is 9.69 Å². The van der Waals surface area contributed by atoms with E-state index < -0.39 is 0 Å². The Kier molecular flexibility index (Phi) is 11.0. The van der Waals surface area contributed by atoms with Crippen LogP contribution in [0.15, 0.2) is 84.9 Å². The van der Waals surface area contributed by atoms with Crippen LogP contribution in [-0.4, -0.2) is 36.1 Å². The van der Waals surface area contributed by atoms with Crippen molar-refractivity contribution in [1.29, 1.82) is 0 Å². The van der Waals surface area contributed by atoms with Gasteiger partial charge in [0.15, 0.2) is 0 Å². The molecule has 4 rings (SSSR count). The Morgan fingerprint density at radius 3 is 2.15 bits per heavy atom. The average Bonchev–Trinajstić information content (AvgIpc) is 2.97. The topological polar surface area (TPSA) is 73.5 Å².